The molecule has 2 aliphatic heterocycles. The number of piperidine rings is 2. The van der Waals surface area contributed by atoms with Crippen molar-refractivity contribution >= 4 is 11.8 Å². The second-order valence-corrected chi connectivity index (χ2v) is 7.92. The fourth-order valence-corrected chi connectivity index (χ4v) is 4.18. The first-order valence-corrected chi connectivity index (χ1v) is 10.6. The van der Waals surface area contributed by atoms with Gasteiger partial charge in [0.2, 0.25) is 5.91 Å². The van der Waals surface area contributed by atoms with Crippen LogP contribution < -0.4 is 10.1 Å². The lowest BCUT2D eigenvalue weighted by Gasteiger charge is -2.37. The standard InChI is InChI=1S/C22H33N3O3/c1-23-12-7-18-8-13-25(14-9-18)22(27)19-10-15-24(16-11-19)21(26)17-28-20-5-3-2-4-6-20/h2-6,18-19,23H,7-17H2,1H3. The molecule has 0 bridgehead atoms. The first-order chi connectivity index (χ1) is 13.7. The first-order valence-electron chi connectivity index (χ1n) is 10.6. The number of rotatable bonds is 7. The van der Waals surface area contributed by atoms with Gasteiger partial charge in [-0.25, -0.2) is 0 Å². The quantitative estimate of drug-likeness (QED) is 0.779. The zero-order valence-corrected chi connectivity index (χ0v) is 16.9. The second kappa shape index (κ2) is 10.5. The minimum absolute atomic E-state index is 0.0000926. The van der Waals surface area contributed by atoms with Gasteiger partial charge in [-0.15, -0.1) is 0 Å². The Morgan fingerprint density at radius 3 is 2.29 bits per heavy atom. The van der Waals surface area contributed by atoms with E-state index in [9.17, 15) is 9.59 Å². The Balaban J connectivity index is 1.37. The van der Waals surface area contributed by atoms with Crippen molar-refractivity contribution in [3.63, 3.8) is 0 Å². The van der Waals surface area contributed by atoms with Crippen LogP contribution >= 0.6 is 0 Å². The summed E-state index contributed by atoms with van der Waals surface area (Å²) in [5.41, 5.74) is 0. The van der Waals surface area contributed by atoms with Crippen LogP contribution in [-0.4, -0.2) is 68.0 Å². The molecule has 6 nitrogen and oxygen atoms in total. The van der Waals surface area contributed by atoms with Gasteiger partial charge >= 0.3 is 0 Å². The van der Waals surface area contributed by atoms with Gasteiger partial charge in [0.15, 0.2) is 6.61 Å². The molecule has 2 amide bonds. The predicted octanol–water partition coefficient (Wildman–Crippen LogP) is 2.15. The van der Waals surface area contributed by atoms with Crippen LogP contribution in [0.15, 0.2) is 30.3 Å². The van der Waals surface area contributed by atoms with Crippen molar-refractivity contribution in [1.82, 2.24) is 15.1 Å². The van der Waals surface area contributed by atoms with Crippen LogP contribution in [0.1, 0.15) is 32.1 Å². The Morgan fingerprint density at radius 1 is 1.00 bits per heavy atom. The van der Waals surface area contributed by atoms with Gasteiger partial charge in [-0.3, -0.25) is 9.59 Å². The fraction of sp³-hybridized carbons (Fsp3) is 0.636. The first kappa shape index (κ1) is 20.6. The molecule has 0 unspecified atom stereocenters. The van der Waals surface area contributed by atoms with Gasteiger partial charge in [0.25, 0.3) is 5.91 Å². The molecule has 3 rings (SSSR count). The second-order valence-electron chi connectivity index (χ2n) is 7.92. The third-order valence-corrected chi connectivity index (χ3v) is 6.03. The average Bonchev–Trinajstić information content (AvgIpc) is 2.76. The maximum atomic E-state index is 12.8. The molecule has 0 atom stereocenters. The van der Waals surface area contributed by atoms with Crippen molar-refractivity contribution in [3.8, 4) is 5.75 Å². The lowest BCUT2D eigenvalue weighted by Crippen LogP contribution is -2.47. The molecule has 6 heteroatoms. The van der Waals surface area contributed by atoms with Crippen molar-refractivity contribution in [2.45, 2.75) is 32.1 Å². The van der Waals surface area contributed by atoms with E-state index >= 15 is 0 Å². The van der Waals surface area contributed by atoms with E-state index in [4.69, 9.17) is 4.74 Å². The maximum absolute atomic E-state index is 12.8. The third kappa shape index (κ3) is 5.71. The Bertz CT molecular complexity index is 621. The number of hydrogen-bond donors (Lipinski definition) is 1. The number of para-hydroxylation sites is 1. The summed E-state index contributed by atoms with van der Waals surface area (Å²) in [5.74, 6) is 1.80. The van der Waals surface area contributed by atoms with Crippen molar-refractivity contribution in [2.24, 2.45) is 11.8 Å². The summed E-state index contributed by atoms with van der Waals surface area (Å²) in [6, 6.07) is 9.39. The van der Waals surface area contributed by atoms with E-state index in [2.05, 4.69) is 10.2 Å². The summed E-state index contributed by atoms with van der Waals surface area (Å²) in [6.07, 6.45) is 4.94. The van der Waals surface area contributed by atoms with Gasteiger partial charge in [0.05, 0.1) is 0 Å². The van der Waals surface area contributed by atoms with Crippen LogP contribution in [0.4, 0.5) is 0 Å². The molecule has 0 aromatic heterocycles. The lowest BCUT2D eigenvalue weighted by atomic mass is 9.90. The zero-order chi connectivity index (χ0) is 19.8. The lowest BCUT2D eigenvalue weighted by molar-refractivity contribution is -0.142. The maximum Gasteiger partial charge on any atom is 0.260 e. The summed E-state index contributed by atoms with van der Waals surface area (Å²) in [7, 11) is 1.99. The van der Waals surface area contributed by atoms with E-state index in [1.165, 1.54) is 6.42 Å². The fourth-order valence-electron chi connectivity index (χ4n) is 4.18. The largest absolute Gasteiger partial charge is 0.484 e. The van der Waals surface area contributed by atoms with Gasteiger partial charge in [-0.1, -0.05) is 18.2 Å². The van der Waals surface area contributed by atoms with Gasteiger partial charge in [0.1, 0.15) is 5.75 Å². The van der Waals surface area contributed by atoms with Crippen LogP contribution in [0.5, 0.6) is 5.75 Å². The number of nitrogens with one attached hydrogen (secondary N) is 1. The molecule has 0 saturated carbocycles. The molecule has 2 heterocycles. The van der Waals surface area contributed by atoms with Crippen molar-refractivity contribution < 1.29 is 14.3 Å². The summed E-state index contributed by atoms with van der Waals surface area (Å²) < 4.78 is 5.56. The average molecular weight is 388 g/mol. The number of amides is 2. The number of nitrogens with zero attached hydrogens (tertiary/aromatic N) is 2. The topological polar surface area (TPSA) is 61.9 Å². The van der Waals surface area contributed by atoms with Crippen LogP contribution in [-0.2, 0) is 9.59 Å². The van der Waals surface area contributed by atoms with E-state index in [1.807, 2.05) is 42.3 Å². The van der Waals surface area contributed by atoms with Gasteiger partial charge in [0, 0.05) is 32.1 Å². The Morgan fingerprint density at radius 2 is 1.64 bits per heavy atom. The highest BCUT2D eigenvalue weighted by molar-refractivity contribution is 5.80. The van der Waals surface area contributed by atoms with Crippen LogP contribution in [0.2, 0.25) is 0 Å². The molecule has 1 N–H and O–H groups in total. The predicted molar refractivity (Wildman–Crippen MR) is 109 cm³/mol. The van der Waals surface area contributed by atoms with Crippen molar-refractivity contribution in [3.05, 3.63) is 30.3 Å². The summed E-state index contributed by atoms with van der Waals surface area (Å²) in [4.78, 5) is 29.1. The highest BCUT2D eigenvalue weighted by Crippen LogP contribution is 2.25. The molecule has 2 fully saturated rings. The Hall–Kier alpha value is -2.08. The van der Waals surface area contributed by atoms with Gasteiger partial charge in [-0.2, -0.15) is 0 Å². The Labute approximate surface area is 168 Å². The van der Waals surface area contributed by atoms with Crippen LogP contribution in [0.25, 0.3) is 0 Å². The van der Waals surface area contributed by atoms with E-state index in [0.717, 1.165) is 51.2 Å². The van der Waals surface area contributed by atoms with E-state index < -0.39 is 0 Å². The summed E-state index contributed by atoms with van der Waals surface area (Å²) in [6.45, 7) is 4.18. The number of likely N-dealkylation sites (tertiary alicyclic amines) is 2. The highest BCUT2D eigenvalue weighted by atomic mass is 16.5. The number of benzene rings is 1. The molecular weight excluding hydrogens is 354 g/mol. The van der Waals surface area contributed by atoms with E-state index in [0.29, 0.717) is 24.7 Å². The number of ether oxygens (including phenoxy) is 1. The normalized spacial score (nSPS) is 18.9. The molecule has 2 aliphatic rings. The number of carbonyl (C=O) groups is 2. The van der Waals surface area contributed by atoms with Crippen molar-refractivity contribution in [1.29, 1.82) is 0 Å². The molecule has 28 heavy (non-hydrogen) atoms. The minimum atomic E-state index is 0.0000926. The van der Waals surface area contributed by atoms with Crippen LogP contribution in [0, 0.1) is 11.8 Å². The minimum Gasteiger partial charge on any atom is -0.484 e. The smallest absolute Gasteiger partial charge is 0.260 e. The number of hydrogen-bond acceptors (Lipinski definition) is 4. The summed E-state index contributed by atoms with van der Waals surface area (Å²) in [5, 5.41) is 3.21. The molecule has 0 radical (unpaired) electrons. The molecule has 1 aromatic carbocycles. The number of carbonyl (C=O) groups excluding carboxylic acids is 2. The van der Waals surface area contributed by atoms with E-state index in [-0.39, 0.29) is 18.4 Å². The molecule has 0 spiro atoms. The van der Waals surface area contributed by atoms with E-state index in [1.54, 1.807) is 0 Å². The monoisotopic (exact) mass is 387 g/mol. The zero-order valence-electron chi connectivity index (χ0n) is 16.9. The third-order valence-electron chi connectivity index (χ3n) is 6.03. The van der Waals surface area contributed by atoms with Crippen molar-refractivity contribution in [2.75, 3.05) is 46.4 Å². The molecule has 2 saturated heterocycles. The summed E-state index contributed by atoms with van der Waals surface area (Å²) >= 11 is 0. The molecule has 154 valence electrons. The van der Waals surface area contributed by atoms with Gasteiger partial charge < -0.3 is 19.9 Å². The molecule has 0 aliphatic carbocycles. The van der Waals surface area contributed by atoms with Crippen LogP contribution in [0.3, 0.4) is 0 Å². The SMILES string of the molecule is CNCCC1CCN(C(=O)C2CCN(C(=O)COc3ccccc3)CC2)CC1. The highest BCUT2D eigenvalue weighted by Gasteiger charge is 2.32. The Kier molecular flexibility index (Phi) is 7.71. The van der Waals surface area contributed by atoms with Gasteiger partial charge in [-0.05, 0) is 63.7 Å². The molecular formula is C22H33N3O3. The molecule has 1 aromatic rings.